The fraction of sp³-hybridized carbons (Fsp3) is 0.714. The van der Waals surface area contributed by atoms with Crippen LogP contribution in [0.15, 0.2) is 24.3 Å². The molecule has 25 heavy (non-hydrogen) atoms. The lowest BCUT2D eigenvalue weighted by molar-refractivity contribution is 0.316. The molecule has 0 radical (unpaired) electrons. The number of hydrogen-bond donors (Lipinski definition) is 1. The van der Waals surface area contributed by atoms with Gasteiger partial charge >= 0.3 is 0 Å². The Morgan fingerprint density at radius 2 is 1.48 bits per heavy atom. The molecule has 1 atom stereocenters. The van der Waals surface area contributed by atoms with Crippen molar-refractivity contribution in [2.45, 2.75) is 96.8 Å². The number of unbranched alkanes of at least 4 members (excludes halogenated alkanes) is 3. The van der Waals surface area contributed by atoms with Gasteiger partial charge in [-0.15, -0.1) is 0 Å². The standard InChI is InChI=1S/C21H37NO2S/c1-7-9-10-11-17-21(16-8-2,19-14-12-18(3)13-15-19)22-25(23,24)20(4,5)6/h12-15,22H,7-11,16-17H2,1-6H3/t21-/m1/s1. The van der Waals surface area contributed by atoms with Gasteiger partial charge in [-0.2, -0.15) is 0 Å². The summed E-state index contributed by atoms with van der Waals surface area (Å²) >= 11 is 0. The van der Waals surface area contributed by atoms with Gasteiger partial charge in [-0.25, -0.2) is 13.1 Å². The minimum absolute atomic E-state index is 0.512. The van der Waals surface area contributed by atoms with E-state index in [9.17, 15) is 8.42 Å². The number of benzene rings is 1. The molecule has 0 spiro atoms. The average Bonchev–Trinajstić information content (AvgIpc) is 2.51. The van der Waals surface area contributed by atoms with E-state index >= 15 is 0 Å². The van der Waals surface area contributed by atoms with Crippen LogP contribution in [0.5, 0.6) is 0 Å². The predicted octanol–water partition coefficient (Wildman–Crippen LogP) is 5.68. The van der Waals surface area contributed by atoms with Crippen molar-refractivity contribution in [3.05, 3.63) is 35.4 Å². The lowest BCUT2D eigenvalue weighted by Crippen LogP contribution is -2.51. The highest BCUT2D eigenvalue weighted by Gasteiger charge is 2.40. The Labute approximate surface area is 155 Å². The monoisotopic (exact) mass is 367 g/mol. The Morgan fingerprint density at radius 3 is 1.96 bits per heavy atom. The van der Waals surface area contributed by atoms with Crippen LogP contribution in [0.2, 0.25) is 0 Å². The maximum atomic E-state index is 13.0. The summed E-state index contributed by atoms with van der Waals surface area (Å²) in [4.78, 5) is 0. The highest BCUT2D eigenvalue weighted by Crippen LogP contribution is 2.35. The summed E-state index contributed by atoms with van der Waals surface area (Å²) in [6.07, 6.45) is 7.16. The van der Waals surface area contributed by atoms with Crippen molar-refractivity contribution in [1.29, 1.82) is 0 Å². The number of hydrogen-bond acceptors (Lipinski definition) is 2. The van der Waals surface area contributed by atoms with Crippen LogP contribution in [0, 0.1) is 6.92 Å². The van der Waals surface area contributed by atoms with E-state index in [1.54, 1.807) is 20.8 Å². The van der Waals surface area contributed by atoms with Gasteiger partial charge in [-0.3, -0.25) is 0 Å². The van der Waals surface area contributed by atoms with Crippen LogP contribution >= 0.6 is 0 Å². The smallest absolute Gasteiger partial charge is 0.212 e. The molecule has 1 aromatic carbocycles. The van der Waals surface area contributed by atoms with Gasteiger partial charge in [-0.1, -0.05) is 75.8 Å². The molecule has 0 fully saturated rings. The van der Waals surface area contributed by atoms with Crippen molar-refractivity contribution in [1.82, 2.24) is 4.72 Å². The number of rotatable bonds is 10. The van der Waals surface area contributed by atoms with Crippen molar-refractivity contribution in [2.75, 3.05) is 0 Å². The summed E-state index contributed by atoms with van der Waals surface area (Å²) < 4.78 is 28.2. The number of sulfonamides is 1. The zero-order chi connectivity index (χ0) is 19.1. The average molecular weight is 368 g/mol. The van der Waals surface area contributed by atoms with Gasteiger partial charge in [0.2, 0.25) is 10.0 Å². The van der Waals surface area contributed by atoms with Gasteiger partial charge < -0.3 is 0 Å². The van der Waals surface area contributed by atoms with E-state index in [2.05, 4.69) is 49.8 Å². The molecule has 0 heterocycles. The molecule has 1 rings (SSSR count). The topological polar surface area (TPSA) is 46.2 Å². The zero-order valence-corrected chi connectivity index (χ0v) is 17.8. The first-order valence-electron chi connectivity index (χ1n) is 9.68. The highest BCUT2D eigenvalue weighted by molar-refractivity contribution is 7.90. The first-order chi connectivity index (χ1) is 11.6. The van der Waals surface area contributed by atoms with Crippen LogP contribution in [0.1, 0.15) is 90.7 Å². The van der Waals surface area contributed by atoms with E-state index in [-0.39, 0.29) is 0 Å². The maximum Gasteiger partial charge on any atom is 0.217 e. The molecule has 1 aromatic rings. The van der Waals surface area contributed by atoms with Crippen LogP contribution in [-0.4, -0.2) is 13.2 Å². The molecule has 0 aliphatic carbocycles. The van der Waals surface area contributed by atoms with Crippen molar-refractivity contribution in [2.24, 2.45) is 0 Å². The Morgan fingerprint density at radius 1 is 0.880 bits per heavy atom. The summed E-state index contributed by atoms with van der Waals surface area (Å²) in [5, 5.41) is 0. The van der Waals surface area contributed by atoms with Crippen molar-refractivity contribution < 1.29 is 8.42 Å². The SMILES string of the molecule is CCCCCC[C@@](CCC)(NS(=O)(=O)C(C)(C)C)c1ccc(C)cc1. The number of nitrogens with one attached hydrogen (secondary N) is 1. The van der Waals surface area contributed by atoms with E-state index in [0.717, 1.165) is 37.7 Å². The third-order valence-corrected chi connectivity index (χ3v) is 7.15. The second kappa shape index (κ2) is 9.18. The molecule has 0 amide bonds. The first kappa shape index (κ1) is 22.2. The van der Waals surface area contributed by atoms with Gasteiger partial charge in [0.05, 0.1) is 10.3 Å². The lowest BCUT2D eigenvalue weighted by atomic mass is 9.81. The molecule has 0 bridgehead atoms. The lowest BCUT2D eigenvalue weighted by Gasteiger charge is -2.38. The van der Waals surface area contributed by atoms with E-state index in [4.69, 9.17) is 0 Å². The molecule has 0 unspecified atom stereocenters. The van der Waals surface area contributed by atoms with Gasteiger partial charge in [0.25, 0.3) is 0 Å². The predicted molar refractivity (Wildman–Crippen MR) is 108 cm³/mol. The second-order valence-electron chi connectivity index (χ2n) is 8.23. The first-order valence-corrected chi connectivity index (χ1v) is 11.2. The molecular formula is C21H37NO2S. The summed E-state index contributed by atoms with van der Waals surface area (Å²) in [7, 11) is -3.43. The van der Waals surface area contributed by atoms with E-state index in [0.29, 0.717) is 0 Å². The molecule has 4 heteroatoms. The normalized spacial score (nSPS) is 15.1. The Hall–Kier alpha value is -0.870. The van der Waals surface area contributed by atoms with Gasteiger partial charge in [0.15, 0.2) is 0 Å². The van der Waals surface area contributed by atoms with Crippen LogP contribution in [-0.2, 0) is 15.6 Å². The van der Waals surface area contributed by atoms with Crippen LogP contribution in [0.25, 0.3) is 0 Å². The van der Waals surface area contributed by atoms with Crippen molar-refractivity contribution >= 4 is 10.0 Å². The summed E-state index contributed by atoms with van der Waals surface area (Å²) in [5.41, 5.74) is 1.77. The molecule has 0 aliphatic heterocycles. The zero-order valence-electron chi connectivity index (χ0n) is 17.0. The van der Waals surface area contributed by atoms with E-state index in [1.807, 2.05) is 0 Å². The second-order valence-corrected chi connectivity index (χ2v) is 10.7. The fourth-order valence-electron chi connectivity index (χ4n) is 3.14. The summed E-state index contributed by atoms with van der Waals surface area (Å²) in [5.74, 6) is 0. The third kappa shape index (κ3) is 6.10. The highest BCUT2D eigenvalue weighted by atomic mass is 32.2. The molecule has 0 aliphatic rings. The van der Waals surface area contributed by atoms with Gasteiger partial charge in [0, 0.05) is 0 Å². The van der Waals surface area contributed by atoms with Gasteiger partial charge in [0.1, 0.15) is 0 Å². The van der Waals surface area contributed by atoms with E-state index < -0.39 is 20.3 Å². The van der Waals surface area contributed by atoms with Crippen LogP contribution in [0.4, 0.5) is 0 Å². The van der Waals surface area contributed by atoms with Gasteiger partial charge in [-0.05, 0) is 46.1 Å². The third-order valence-electron chi connectivity index (χ3n) is 4.87. The largest absolute Gasteiger partial charge is 0.217 e. The molecule has 3 nitrogen and oxygen atoms in total. The number of aryl methyl sites for hydroxylation is 1. The molecular weight excluding hydrogens is 330 g/mol. The Kier molecular flexibility index (Phi) is 8.14. The Balaban J connectivity index is 3.27. The maximum absolute atomic E-state index is 13.0. The molecule has 0 saturated heterocycles. The van der Waals surface area contributed by atoms with Crippen molar-refractivity contribution in [3.8, 4) is 0 Å². The molecule has 1 N–H and O–H groups in total. The molecule has 0 saturated carbocycles. The molecule has 0 aromatic heterocycles. The quantitative estimate of drug-likeness (QED) is 0.541. The van der Waals surface area contributed by atoms with E-state index in [1.165, 1.54) is 18.4 Å². The van der Waals surface area contributed by atoms with Crippen LogP contribution < -0.4 is 4.72 Å². The molecule has 144 valence electrons. The minimum Gasteiger partial charge on any atom is -0.212 e. The summed E-state index contributed by atoms with van der Waals surface area (Å²) in [6.45, 7) is 11.7. The van der Waals surface area contributed by atoms with Crippen molar-refractivity contribution in [3.63, 3.8) is 0 Å². The van der Waals surface area contributed by atoms with Crippen LogP contribution in [0.3, 0.4) is 0 Å². The minimum atomic E-state index is -3.43. The summed E-state index contributed by atoms with van der Waals surface area (Å²) in [6, 6.07) is 8.35. The Bertz CT molecular complexity index is 614. The fourth-order valence-corrected chi connectivity index (χ4v) is 4.28.